The zero-order valence-corrected chi connectivity index (χ0v) is 45.6. The molecular formula is C54H108N2O6S3. The van der Waals surface area contributed by atoms with E-state index in [0.717, 1.165) is 113 Å². The lowest BCUT2D eigenvalue weighted by molar-refractivity contribution is -0.111. The smallest absolute Gasteiger partial charge is 0.188 e. The molecule has 65 heavy (non-hydrogen) atoms. The van der Waals surface area contributed by atoms with Crippen LogP contribution in [-0.2, 0) is 9.59 Å². The van der Waals surface area contributed by atoms with Crippen LogP contribution in [0.4, 0.5) is 0 Å². The molecule has 4 N–H and O–H groups in total. The van der Waals surface area contributed by atoms with Gasteiger partial charge in [-0.15, -0.1) is 0 Å². The fourth-order valence-electron chi connectivity index (χ4n) is 8.60. The molecule has 388 valence electrons. The number of carbonyl (C=O) groups is 2. The summed E-state index contributed by atoms with van der Waals surface area (Å²) in [5.41, 5.74) is 0. The first-order chi connectivity index (χ1) is 31.6. The van der Waals surface area contributed by atoms with Gasteiger partial charge in [0, 0.05) is 62.0 Å². The second kappa shape index (κ2) is 50.5. The maximum absolute atomic E-state index is 12.7. The van der Waals surface area contributed by atoms with Gasteiger partial charge in [-0.05, 0) is 64.5 Å². The minimum absolute atomic E-state index is 0.242. The number of nitrogens with zero attached hydrogens (tertiary/aromatic N) is 2. The Bertz CT molecular complexity index is 892. The summed E-state index contributed by atoms with van der Waals surface area (Å²) >= 11 is 4.67. The molecule has 0 aliphatic rings. The molecule has 0 bridgehead atoms. The largest absolute Gasteiger partial charge is 0.392 e. The molecule has 0 aromatic carbocycles. The molecule has 0 aliphatic carbocycles. The van der Waals surface area contributed by atoms with Crippen LogP contribution in [0.25, 0.3) is 0 Å². The maximum atomic E-state index is 12.7. The van der Waals surface area contributed by atoms with Crippen molar-refractivity contribution in [3.63, 3.8) is 0 Å². The van der Waals surface area contributed by atoms with E-state index in [1.54, 1.807) is 0 Å². The predicted molar refractivity (Wildman–Crippen MR) is 289 cm³/mol. The summed E-state index contributed by atoms with van der Waals surface area (Å²) in [6, 6.07) is 0. The first-order valence-electron chi connectivity index (χ1n) is 27.7. The van der Waals surface area contributed by atoms with Crippen LogP contribution in [0.1, 0.15) is 246 Å². The summed E-state index contributed by atoms with van der Waals surface area (Å²) in [7, 11) is 0. The van der Waals surface area contributed by atoms with Crippen LogP contribution in [0, 0.1) is 0 Å². The normalized spacial score (nSPS) is 13.8. The van der Waals surface area contributed by atoms with Gasteiger partial charge < -0.3 is 20.4 Å². The molecule has 0 radical (unpaired) electrons. The molecule has 0 aromatic rings. The predicted octanol–water partition coefficient (Wildman–Crippen LogP) is 13.6. The van der Waals surface area contributed by atoms with E-state index in [9.17, 15) is 30.0 Å². The van der Waals surface area contributed by atoms with Crippen LogP contribution in [0.3, 0.4) is 0 Å². The van der Waals surface area contributed by atoms with Gasteiger partial charge in [-0.25, -0.2) is 0 Å². The Hall–Kier alpha value is 0.150. The number of unbranched alkanes of at least 4 members (excludes halogenated alkanes) is 22. The van der Waals surface area contributed by atoms with Gasteiger partial charge in [0.1, 0.15) is 0 Å². The van der Waals surface area contributed by atoms with E-state index >= 15 is 0 Å². The number of hydrogen-bond donors (Lipinski definition) is 4. The quantitative estimate of drug-likeness (QED) is 0.0436. The van der Waals surface area contributed by atoms with Gasteiger partial charge >= 0.3 is 0 Å². The van der Waals surface area contributed by atoms with Gasteiger partial charge in [0.25, 0.3) is 0 Å². The van der Waals surface area contributed by atoms with E-state index < -0.39 is 0 Å². The third kappa shape index (κ3) is 47.6. The van der Waals surface area contributed by atoms with Crippen molar-refractivity contribution in [1.29, 1.82) is 0 Å². The van der Waals surface area contributed by atoms with E-state index in [-0.39, 0.29) is 34.6 Å². The monoisotopic (exact) mass is 977 g/mol. The highest BCUT2D eigenvalue weighted by Gasteiger charge is 2.18. The standard InChI is InChI=1S/C54H108N2O6S3/c1-5-9-13-17-21-25-33-49(57)45-55(46-50(58)34-26-22-18-14-10-6-2)39-31-29-37-53(61)64-43-41-63-42-44-65-54(62)38-30-32-40-56(47-51(59)35-27-23-19-15-11-7-3)48-52(60)36-28-24-20-16-12-8-4/h49-52,57-60H,5-48H2,1-4H3. The van der Waals surface area contributed by atoms with Crippen LogP contribution in [0.2, 0.25) is 0 Å². The van der Waals surface area contributed by atoms with Gasteiger partial charge in [-0.3, -0.25) is 19.4 Å². The van der Waals surface area contributed by atoms with E-state index in [1.165, 1.54) is 152 Å². The molecule has 4 atom stereocenters. The number of carbonyl (C=O) groups excluding carboxylic acids is 2. The molecule has 0 spiro atoms. The second-order valence-electron chi connectivity index (χ2n) is 19.3. The Morgan fingerprint density at radius 2 is 0.615 bits per heavy atom. The molecule has 0 heterocycles. The molecule has 0 saturated heterocycles. The van der Waals surface area contributed by atoms with E-state index in [1.807, 2.05) is 11.8 Å². The molecule has 0 aliphatic heterocycles. The Balaban J connectivity index is 4.42. The van der Waals surface area contributed by atoms with Crippen molar-refractivity contribution in [1.82, 2.24) is 9.80 Å². The van der Waals surface area contributed by atoms with Crippen LogP contribution >= 0.6 is 35.3 Å². The SMILES string of the molecule is CCCCCCCCC(O)CN(CCCCC(=O)SCCSCCSC(=O)CCCCN(CC(O)CCCCCCCC)CC(O)CCCCCCCC)CC(O)CCCCCCCC. The Morgan fingerprint density at radius 3 is 0.892 bits per heavy atom. The highest BCUT2D eigenvalue weighted by molar-refractivity contribution is 8.15. The molecule has 0 fully saturated rings. The topological polar surface area (TPSA) is 122 Å². The highest BCUT2D eigenvalue weighted by atomic mass is 32.2. The Labute approximate surface area is 415 Å². The molecular weight excluding hydrogens is 869 g/mol. The fourth-order valence-corrected chi connectivity index (χ4v) is 11.4. The van der Waals surface area contributed by atoms with Gasteiger partial charge in [-0.1, -0.05) is 205 Å². The van der Waals surface area contributed by atoms with Crippen LogP contribution in [0.15, 0.2) is 0 Å². The van der Waals surface area contributed by atoms with Crippen molar-refractivity contribution >= 4 is 45.5 Å². The zero-order chi connectivity index (χ0) is 47.9. The highest BCUT2D eigenvalue weighted by Crippen LogP contribution is 2.18. The number of aliphatic hydroxyl groups is 4. The molecule has 0 amide bonds. The van der Waals surface area contributed by atoms with E-state index in [2.05, 4.69) is 37.5 Å². The van der Waals surface area contributed by atoms with Crippen LogP contribution in [0.5, 0.6) is 0 Å². The van der Waals surface area contributed by atoms with Crippen LogP contribution in [-0.4, -0.2) is 127 Å². The van der Waals surface area contributed by atoms with E-state index in [4.69, 9.17) is 0 Å². The fraction of sp³-hybridized carbons (Fsp3) is 0.963. The van der Waals surface area contributed by atoms with Gasteiger partial charge in [0.05, 0.1) is 24.4 Å². The first kappa shape index (κ1) is 65.1. The van der Waals surface area contributed by atoms with Gasteiger partial charge in [0.2, 0.25) is 0 Å². The Morgan fingerprint density at radius 1 is 0.354 bits per heavy atom. The molecule has 0 aromatic heterocycles. The lowest BCUT2D eigenvalue weighted by atomic mass is 10.1. The molecule has 0 saturated carbocycles. The van der Waals surface area contributed by atoms with Crippen molar-refractivity contribution in [2.24, 2.45) is 0 Å². The lowest BCUT2D eigenvalue weighted by Gasteiger charge is -2.27. The number of thioether (sulfide) groups is 3. The van der Waals surface area contributed by atoms with Crippen molar-refractivity contribution in [3.8, 4) is 0 Å². The third-order valence-corrected chi connectivity index (χ3v) is 16.0. The zero-order valence-electron chi connectivity index (χ0n) is 43.1. The minimum atomic E-state index is -0.369. The Kier molecular flexibility index (Phi) is 50.7. The summed E-state index contributed by atoms with van der Waals surface area (Å²) in [4.78, 5) is 29.8. The maximum Gasteiger partial charge on any atom is 0.188 e. The van der Waals surface area contributed by atoms with Gasteiger partial charge in [0.15, 0.2) is 10.2 Å². The van der Waals surface area contributed by atoms with Crippen molar-refractivity contribution < 1.29 is 30.0 Å². The third-order valence-electron chi connectivity index (χ3n) is 12.6. The molecule has 11 heteroatoms. The summed E-state index contributed by atoms with van der Waals surface area (Å²) in [6.07, 6.45) is 35.5. The molecule has 4 unspecified atom stereocenters. The average Bonchev–Trinajstić information content (AvgIpc) is 3.28. The van der Waals surface area contributed by atoms with Gasteiger partial charge in [-0.2, -0.15) is 11.8 Å². The number of hydrogen-bond acceptors (Lipinski definition) is 11. The number of rotatable bonds is 52. The average molecular weight is 978 g/mol. The van der Waals surface area contributed by atoms with E-state index in [0.29, 0.717) is 39.0 Å². The first-order valence-corrected chi connectivity index (χ1v) is 30.8. The molecule has 8 nitrogen and oxygen atoms in total. The summed E-state index contributed by atoms with van der Waals surface area (Å²) in [5.74, 6) is 3.39. The summed E-state index contributed by atoms with van der Waals surface area (Å²) in [6.45, 7) is 12.9. The number of aliphatic hydroxyl groups excluding tert-OH is 4. The van der Waals surface area contributed by atoms with Crippen molar-refractivity contribution in [3.05, 3.63) is 0 Å². The molecule has 0 rings (SSSR count). The van der Waals surface area contributed by atoms with Crippen LogP contribution < -0.4 is 0 Å². The summed E-state index contributed by atoms with van der Waals surface area (Å²) in [5, 5.41) is 43.9. The van der Waals surface area contributed by atoms with Crippen molar-refractivity contribution in [2.75, 3.05) is 62.3 Å². The summed E-state index contributed by atoms with van der Waals surface area (Å²) < 4.78 is 0. The van der Waals surface area contributed by atoms with Crippen molar-refractivity contribution in [2.45, 2.75) is 270 Å². The lowest BCUT2D eigenvalue weighted by Crippen LogP contribution is -2.38. The minimum Gasteiger partial charge on any atom is -0.392 e. The second-order valence-corrected chi connectivity index (χ2v) is 22.9.